The van der Waals surface area contributed by atoms with Crippen LogP contribution in [-0.4, -0.2) is 40.9 Å². The summed E-state index contributed by atoms with van der Waals surface area (Å²) in [5, 5.41) is 2.73. The zero-order valence-electron chi connectivity index (χ0n) is 13.9. The SMILES string of the molecule is C[C@H](OC[C@H]1CCCCO1)C(=O)Nc1nc2cc(F)ccc2n1C. The van der Waals surface area contributed by atoms with Crippen molar-refractivity contribution in [1.29, 1.82) is 0 Å². The van der Waals surface area contributed by atoms with Crippen LogP contribution in [0, 0.1) is 5.82 Å². The second-order valence-electron chi connectivity index (χ2n) is 6.08. The summed E-state index contributed by atoms with van der Waals surface area (Å²) in [5.41, 5.74) is 1.24. The number of ether oxygens (including phenoxy) is 2. The molecule has 1 aliphatic rings. The Kier molecular flexibility index (Phi) is 5.11. The van der Waals surface area contributed by atoms with Gasteiger partial charge < -0.3 is 14.0 Å². The maximum atomic E-state index is 13.3. The van der Waals surface area contributed by atoms with Gasteiger partial charge in [0, 0.05) is 19.7 Å². The Morgan fingerprint density at radius 1 is 1.54 bits per heavy atom. The van der Waals surface area contributed by atoms with E-state index in [0.717, 1.165) is 31.4 Å². The normalized spacial score (nSPS) is 19.4. The molecule has 130 valence electrons. The van der Waals surface area contributed by atoms with Crippen molar-refractivity contribution in [2.75, 3.05) is 18.5 Å². The predicted octanol–water partition coefficient (Wildman–Crippen LogP) is 2.63. The average Bonchev–Trinajstić information content (AvgIpc) is 2.88. The Hall–Kier alpha value is -1.99. The van der Waals surface area contributed by atoms with Crippen LogP contribution in [0.2, 0.25) is 0 Å². The first-order chi connectivity index (χ1) is 11.5. The lowest BCUT2D eigenvalue weighted by Gasteiger charge is -2.23. The molecule has 24 heavy (non-hydrogen) atoms. The van der Waals surface area contributed by atoms with Crippen molar-refractivity contribution in [3.05, 3.63) is 24.0 Å². The highest BCUT2D eigenvalue weighted by Crippen LogP contribution is 2.19. The summed E-state index contributed by atoms with van der Waals surface area (Å²) in [6.45, 7) is 2.86. The molecule has 0 radical (unpaired) electrons. The van der Waals surface area contributed by atoms with Crippen LogP contribution in [0.1, 0.15) is 26.2 Å². The fraction of sp³-hybridized carbons (Fsp3) is 0.529. The Morgan fingerprint density at radius 3 is 3.12 bits per heavy atom. The van der Waals surface area contributed by atoms with Crippen molar-refractivity contribution in [1.82, 2.24) is 9.55 Å². The number of nitrogens with one attached hydrogen (secondary N) is 1. The number of carbonyl (C=O) groups excluding carboxylic acids is 1. The van der Waals surface area contributed by atoms with Gasteiger partial charge in [-0.15, -0.1) is 0 Å². The molecule has 1 aliphatic heterocycles. The number of imidazole rings is 1. The smallest absolute Gasteiger partial charge is 0.255 e. The number of hydrogen-bond donors (Lipinski definition) is 1. The van der Waals surface area contributed by atoms with Crippen molar-refractivity contribution in [3.63, 3.8) is 0 Å². The molecule has 1 saturated heterocycles. The van der Waals surface area contributed by atoms with Crippen molar-refractivity contribution < 1.29 is 18.7 Å². The number of anilines is 1. The summed E-state index contributed by atoms with van der Waals surface area (Å²) in [6, 6.07) is 4.34. The Bertz CT molecular complexity index is 725. The molecule has 0 bridgehead atoms. The first kappa shape index (κ1) is 16.9. The lowest BCUT2D eigenvalue weighted by Crippen LogP contribution is -2.33. The quantitative estimate of drug-likeness (QED) is 0.912. The van der Waals surface area contributed by atoms with E-state index >= 15 is 0 Å². The van der Waals surface area contributed by atoms with Gasteiger partial charge in [-0.05, 0) is 38.3 Å². The number of nitrogens with zero attached hydrogens (tertiary/aromatic N) is 2. The van der Waals surface area contributed by atoms with E-state index in [1.807, 2.05) is 0 Å². The summed E-state index contributed by atoms with van der Waals surface area (Å²) in [4.78, 5) is 16.5. The third-order valence-corrected chi connectivity index (χ3v) is 4.25. The maximum Gasteiger partial charge on any atom is 0.255 e. The van der Waals surface area contributed by atoms with E-state index in [1.54, 1.807) is 24.6 Å². The maximum absolute atomic E-state index is 13.3. The van der Waals surface area contributed by atoms with E-state index in [-0.39, 0.29) is 17.8 Å². The van der Waals surface area contributed by atoms with Crippen LogP contribution in [0.4, 0.5) is 10.3 Å². The number of benzene rings is 1. The van der Waals surface area contributed by atoms with E-state index in [2.05, 4.69) is 10.3 Å². The largest absolute Gasteiger partial charge is 0.376 e. The molecule has 1 amide bonds. The van der Waals surface area contributed by atoms with E-state index < -0.39 is 6.10 Å². The molecular formula is C17H22FN3O3. The van der Waals surface area contributed by atoms with Crippen LogP contribution in [-0.2, 0) is 21.3 Å². The average molecular weight is 335 g/mol. The first-order valence-corrected chi connectivity index (χ1v) is 8.20. The van der Waals surface area contributed by atoms with Crippen molar-refractivity contribution in [3.8, 4) is 0 Å². The molecule has 1 fully saturated rings. The summed E-state index contributed by atoms with van der Waals surface area (Å²) in [6.07, 6.45) is 2.62. The summed E-state index contributed by atoms with van der Waals surface area (Å²) >= 11 is 0. The predicted molar refractivity (Wildman–Crippen MR) is 88.3 cm³/mol. The Balaban J connectivity index is 1.60. The molecule has 0 aliphatic carbocycles. The van der Waals surface area contributed by atoms with Gasteiger partial charge in [-0.3, -0.25) is 10.1 Å². The van der Waals surface area contributed by atoms with Gasteiger partial charge in [0.15, 0.2) is 0 Å². The van der Waals surface area contributed by atoms with Gasteiger partial charge in [0.05, 0.1) is 23.7 Å². The zero-order chi connectivity index (χ0) is 17.1. The molecule has 2 heterocycles. The molecule has 3 rings (SSSR count). The lowest BCUT2D eigenvalue weighted by molar-refractivity contribution is -0.130. The fourth-order valence-electron chi connectivity index (χ4n) is 2.76. The third kappa shape index (κ3) is 3.73. The number of carbonyl (C=O) groups is 1. The summed E-state index contributed by atoms with van der Waals surface area (Å²) < 4.78 is 26.2. The van der Waals surface area contributed by atoms with Crippen molar-refractivity contribution in [2.24, 2.45) is 7.05 Å². The minimum Gasteiger partial charge on any atom is -0.376 e. The summed E-state index contributed by atoms with van der Waals surface area (Å²) in [7, 11) is 1.77. The van der Waals surface area contributed by atoms with E-state index in [1.165, 1.54) is 12.1 Å². The molecule has 1 aromatic carbocycles. The molecule has 0 unspecified atom stereocenters. The van der Waals surface area contributed by atoms with Gasteiger partial charge in [-0.25, -0.2) is 9.37 Å². The van der Waals surface area contributed by atoms with Crippen LogP contribution in [0.5, 0.6) is 0 Å². The minimum atomic E-state index is -0.618. The van der Waals surface area contributed by atoms with Crippen molar-refractivity contribution >= 4 is 22.9 Å². The highest BCUT2D eigenvalue weighted by molar-refractivity contribution is 5.94. The second kappa shape index (κ2) is 7.27. The number of amides is 1. The molecule has 7 heteroatoms. The number of fused-ring (bicyclic) bond motifs is 1. The van der Waals surface area contributed by atoms with Crippen LogP contribution < -0.4 is 5.32 Å². The number of rotatable bonds is 5. The van der Waals surface area contributed by atoms with Crippen LogP contribution in [0.3, 0.4) is 0 Å². The van der Waals surface area contributed by atoms with Crippen LogP contribution >= 0.6 is 0 Å². The molecule has 1 N–H and O–H groups in total. The minimum absolute atomic E-state index is 0.0627. The van der Waals surface area contributed by atoms with Crippen LogP contribution in [0.15, 0.2) is 18.2 Å². The Morgan fingerprint density at radius 2 is 2.38 bits per heavy atom. The van der Waals surface area contributed by atoms with E-state index in [4.69, 9.17) is 9.47 Å². The monoisotopic (exact) mass is 335 g/mol. The number of aromatic nitrogens is 2. The Labute approximate surface area is 139 Å². The molecule has 0 spiro atoms. The van der Waals surface area contributed by atoms with E-state index in [0.29, 0.717) is 18.1 Å². The van der Waals surface area contributed by atoms with E-state index in [9.17, 15) is 9.18 Å². The lowest BCUT2D eigenvalue weighted by atomic mass is 10.1. The zero-order valence-corrected chi connectivity index (χ0v) is 13.9. The fourth-order valence-corrected chi connectivity index (χ4v) is 2.76. The standard InChI is InChI=1S/C17H22FN3O3/c1-11(24-10-13-5-3-4-8-23-13)16(22)20-17-19-14-9-12(18)6-7-15(14)21(17)2/h6-7,9,11,13H,3-5,8,10H2,1-2H3,(H,19,20,22)/t11-,13+/m0/s1. The molecule has 0 saturated carbocycles. The van der Waals surface area contributed by atoms with Gasteiger partial charge in [-0.2, -0.15) is 0 Å². The second-order valence-corrected chi connectivity index (χ2v) is 6.08. The van der Waals surface area contributed by atoms with Gasteiger partial charge in [0.25, 0.3) is 5.91 Å². The number of aryl methyl sites for hydroxylation is 1. The summed E-state index contributed by atoms with van der Waals surface area (Å²) in [5.74, 6) is -0.280. The third-order valence-electron chi connectivity index (χ3n) is 4.25. The number of hydrogen-bond acceptors (Lipinski definition) is 4. The van der Waals surface area contributed by atoms with Crippen LogP contribution in [0.25, 0.3) is 11.0 Å². The van der Waals surface area contributed by atoms with Gasteiger partial charge >= 0.3 is 0 Å². The number of halogens is 1. The molecule has 6 nitrogen and oxygen atoms in total. The van der Waals surface area contributed by atoms with Gasteiger partial charge in [-0.1, -0.05) is 0 Å². The topological polar surface area (TPSA) is 65.4 Å². The van der Waals surface area contributed by atoms with Gasteiger partial charge in [0.1, 0.15) is 11.9 Å². The van der Waals surface area contributed by atoms with Crippen molar-refractivity contribution in [2.45, 2.75) is 38.4 Å². The highest BCUT2D eigenvalue weighted by Gasteiger charge is 2.20. The first-order valence-electron chi connectivity index (χ1n) is 8.20. The molecule has 2 aromatic rings. The van der Waals surface area contributed by atoms with Gasteiger partial charge in [0.2, 0.25) is 5.95 Å². The molecule has 1 aromatic heterocycles. The highest BCUT2D eigenvalue weighted by atomic mass is 19.1. The molecule has 2 atom stereocenters. The molecular weight excluding hydrogens is 313 g/mol.